The van der Waals surface area contributed by atoms with Gasteiger partial charge in [0.05, 0.1) is 32.7 Å². The van der Waals surface area contributed by atoms with Crippen molar-refractivity contribution in [1.82, 2.24) is 15.1 Å². The van der Waals surface area contributed by atoms with Crippen LogP contribution in [0, 0.1) is 6.92 Å². The zero-order valence-corrected chi connectivity index (χ0v) is 21.5. The highest BCUT2D eigenvalue weighted by Gasteiger charge is 2.42. The van der Waals surface area contributed by atoms with Gasteiger partial charge in [0.15, 0.2) is 11.5 Å². The van der Waals surface area contributed by atoms with Crippen LogP contribution < -0.4 is 24.8 Å². The summed E-state index contributed by atoms with van der Waals surface area (Å²) in [6.07, 6.45) is 0. The number of para-hydroxylation sites is 1. The van der Waals surface area contributed by atoms with Crippen LogP contribution in [0.15, 0.2) is 72.8 Å². The van der Waals surface area contributed by atoms with Gasteiger partial charge in [-0.2, -0.15) is 5.10 Å². The standard InChI is InChI=1S/C29H28N4O5/c1-17-23-24(19-15-21(36-2)26(38-4)22(16-19)37-3)25(30-28(34)18-11-7-5-8-12-18)29(35)31-27(23)33(32-17)20-13-9-6-10-14-20/h5-16,24-25H,1-4H3,(H,30,34)(H,31,35). The summed E-state index contributed by atoms with van der Waals surface area (Å²) in [5.74, 6) is 0.532. The second-order valence-corrected chi connectivity index (χ2v) is 8.84. The number of methoxy groups -OCH3 is 3. The molecule has 0 bridgehead atoms. The molecule has 3 aromatic carbocycles. The Labute approximate surface area is 220 Å². The first-order valence-electron chi connectivity index (χ1n) is 12.1. The molecule has 2 heterocycles. The number of hydrogen-bond donors (Lipinski definition) is 2. The minimum Gasteiger partial charge on any atom is -0.493 e. The van der Waals surface area contributed by atoms with Crippen molar-refractivity contribution in [2.75, 3.05) is 26.6 Å². The molecule has 2 N–H and O–H groups in total. The Kier molecular flexibility index (Phi) is 6.74. The quantitative estimate of drug-likeness (QED) is 0.387. The molecule has 0 aliphatic carbocycles. The van der Waals surface area contributed by atoms with Crippen molar-refractivity contribution in [3.05, 3.63) is 95.2 Å². The molecule has 9 heteroatoms. The molecule has 1 aliphatic heterocycles. The van der Waals surface area contributed by atoms with Crippen molar-refractivity contribution < 1.29 is 23.8 Å². The van der Waals surface area contributed by atoms with E-state index >= 15 is 0 Å². The van der Waals surface area contributed by atoms with E-state index in [-0.39, 0.29) is 11.8 Å². The second kappa shape index (κ2) is 10.3. The molecule has 4 aromatic rings. The van der Waals surface area contributed by atoms with Crippen LogP contribution in [0.3, 0.4) is 0 Å². The van der Waals surface area contributed by atoms with Crippen LogP contribution in [-0.2, 0) is 4.79 Å². The number of nitrogens with one attached hydrogen (secondary N) is 2. The molecule has 194 valence electrons. The van der Waals surface area contributed by atoms with Gasteiger partial charge in [-0.1, -0.05) is 36.4 Å². The Morgan fingerprint density at radius 1 is 0.921 bits per heavy atom. The molecule has 2 unspecified atom stereocenters. The van der Waals surface area contributed by atoms with Crippen LogP contribution in [-0.4, -0.2) is 49.0 Å². The monoisotopic (exact) mass is 512 g/mol. The maximum Gasteiger partial charge on any atom is 0.251 e. The fourth-order valence-corrected chi connectivity index (χ4v) is 4.90. The van der Waals surface area contributed by atoms with Crippen LogP contribution in [0.5, 0.6) is 17.2 Å². The SMILES string of the molecule is COc1cc(C2c3c(C)nn(-c4ccccc4)c3NC(=O)C2NC(=O)c2ccccc2)cc(OC)c1OC. The van der Waals surface area contributed by atoms with E-state index in [0.717, 1.165) is 11.3 Å². The van der Waals surface area contributed by atoms with E-state index < -0.39 is 12.0 Å². The first-order chi connectivity index (χ1) is 18.5. The van der Waals surface area contributed by atoms with Gasteiger partial charge in [0.2, 0.25) is 11.7 Å². The number of anilines is 1. The van der Waals surface area contributed by atoms with Crippen molar-refractivity contribution in [1.29, 1.82) is 0 Å². The van der Waals surface area contributed by atoms with Gasteiger partial charge >= 0.3 is 0 Å². The lowest BCUT2D eigenvalue weighted by Gasteiger charge is -2.33. The highest BCUT2D eigenvalue weighted by molar-refractivity contribution is 6.04. The van der Waals surface area contributed by atoms with Crippen LogP contribution in [0.1, 0.15) is 33.1 Å². The number of carbonyl (C=O) groups is 2. The van der Waals surface area contributed by atoms with Crippen LogP contribution in [0.25, 0.3) is 5.69 Å². The third-order valence-electron chi connectivity index (χ3n) is 6.64. The minimum atomic E-state index is -0.940. The lowest BCUT2D eigenvalue weighted by atomic mass is 9.81. The minimum absolute atomic E-state index is 0.361. The number of carbonyl (C=O) groups excluding carboxylic acids is 2. The Bertz CT molecular complexity index is 1460. The van der Waals surface area contributed by atoms with E-state index in [4.69, 9.17) is 19.3 Å². The number of fused-ring (bicyclic) bond motifs is 1. The molecule has 1 aliphatic rings. The maximum absolute atomic E-state index is 13.7. The second-order valence-electron chi connectivity index (χ2n) is 8.84. The van der Waals surface area contributed by atoms with Gasteiger partial charge in [-0.3, -0.25) is 9.59 Å². The molecule has 2 atom stereocenters. The largest absolute Gasteiger partial charge is 0.493 e. The molecule has 0 saturated heterocycles. The van der Waals surface area contributed by atoms with Crippen molar-refractivity contribution >= 4 is 17.6 Å². The van der Waals surface area contributed by atoms with Gasteiger partial charge in [0.25, 0.3) is 5.91 Å². The Hall–Kier alpha value is -4.79. The van der Waals surface area contributed by atoms with E-state index in [2.05, 4.69) is 10.6 Å². The lowest BCUT2D eigenvalue weighted by molar-refractivity contribution is -0.118. The van der Waals surface area contributed by atoms with Gasteiger partial charge in [-0.05, 0) is 48.9 Å². The number of amides is 2. The van der Waals surface area contributed by atoms with E-state index in [0.29, 0.717) is 39.9 Å². The predicted molar refractivity (Wildman–Crippen MR) is 143 cm³/mol. The molecule has 1 aromatic heterocycles. The summed E-state index contributed by atoms with van der Waals surface area (Å²) in [7, 11) is 4.60. The van der Waals surface area contributed by atoms with Crippen molar-refractivity contribution in [3.8, 4) is 22.9 Å². The normalized spacial score (nSPS) is 16.3. The number of hydrogen-bond acceptors (Lipinski definition) is 6. The van der Waals surface area contributed by atoms with Crippen molar-refractivity contribution in [2.24, 2.45) is 0 Å². The molecule has 2 amide bonds. The Balaban J connectivity index is 1.70. The summed E-state index contributed by atoms with van der Waals surface area (Å²) in [6, 6.07) is 21.0. The van der Waals surface area contributed by atoms with Crippen LogP contribution >= 0.6 is 0 Å². The van der Waals surface area contributed by atoms with Gasteiger partial charge in [0.1, 0.15) is 11.9 Å². The zero-order chi connectivity index (χ0) is 26.8. The highest BCUT2D eigenvalue weighted by Crippen LogP contribution is 2.46. The van der Waals surface area contributed by atoms with E-state index in [1.165, 1.54) is 21.3 Å². The molecule has 0 spiro atoms. The first-order valence-corrected chi connectivity index (χ1v) is 12.1. The Morgan fingerprint density at radius 2 is 1.53 bits per heavy atom. The number of benzene rings is 3. The maximum atomic E-state index is 13.7. The fraction of sp³-hybridized carbons (Fsp3) is 0.207. The summed E-state index contributed by atoms with van der Waals surface area (Å²) in [4.78, 5) is 26.9. The summed E-state index contributed by atoms with van der Waals surface area (Å²) in [6.45, 7) is 1.89. The van der Waals surface area contributed by atoms with E-state index in [9.17, 15) is 9.59 Å². The van der Waals surface area contributed by atoms with E-state index in [1.54, 1.807) is 41.1 Å². The molecule has 0 fully saturated rings. The van der Waals surface area contributed by atoms with Crippen molar-refractivity contribution in [2.45, 2.75) is 18.9 Å². The number of aryl methyl sites for hydroxylation is 1. The summed E-state index contributed by atoms with van der Waals surface area (Å²) >= 11 is 0. The summed E-state index contributed by atoms with van der Waals surface area (Å²) in [5, 5.41) is 10.7. The number of aromatic nitrogens is 2. The zero-order valence-electron chi connectivity index (χ0n) is 21.5. The molecule has 9 nitrogen and oxygen atoms in total. The summed E-state index contributed by atoms with van der Waals surface area (Å²) < 4.78 is 18.4. The topological polar surface area (TPSA) is 104 Å². The third kappa shape index (κ3) is 4.32. The smallest absolute Gasteiger partial charge is 0.251 e. The Morgan fingerprint density at radius 3 is 2.11 bits per heavy atom. The van der Waals surface area contributed by atoms with E-state index in [1.807, 2.05) is 43.3 Å². The van der Waals surface area contributed by atoms with Gasteiger partial charge in [-0.25, -0.2) is 4.68 Å². The molecule has 0 saturated carbocycles. The number of rotatable bonds is 7. The number of nitrogens with zero attached hydrogens (tertiary/aromatic N) is 2. The lowest BCUT2D eigenvalue weighted by Crippen LogP contribution is -2.50. The molecule has 5 rings (SSSR count). The van der Waals surface area contributed by atoms with Crippen molar-refractivity contribution in [3.63, 3.8) is 0 Å². The van der Waals surface area contributed by atoms with Gasteiger partial charge in [0, 0.05) is 17.0 Å². The molecular formula is C29H28N4O5. The molecule has 0 radical (unpaired) electrons. The van der Waals surface area contributed by atoms with Gasteiger partial charge in [-0.15, -0.1) is 0 Å². The predicted octanol–water partition coefficient (Wildman–Crippen LogP) is 4.09. The van der Waals surface area contributed by atoms with Crippen LogP contribution in [0.2, 0.25) is 0 Å². The first kappa shape index (κ1) is 24.9. The summed E-state index contributed by atoms with van der Waals surface area (Å²) in [5.41, 5.74) is 3.44. The average molecular weight is 513 g/mol. The number of ether oxygens (including phenoxy) is 3. The molecule has 38 heavy (non-hydrogen) atoms. The third-order valence-corrected chi connectivity index (χ3v) is 6.64. The van der Waals surface area contributed by atoms with Gasteiger partial charge < -0.3 is 24.8 Å². The average Bonchev–Trinajstić information content (AvgIpc) is 3.28. The highest BCUT2D eigenvalue weighted by atomic mass is 16.5. The molecular weight excluding hydrogens is 484 g/mol. The fourth-order valence-electron chi connectivity index (χ4n) is 4.90. The van der Waals surface area contributed by atoms with Crippen LogP contribution in [0.4, 0.5) is 5.82 Å².